The second kappa shape index (κ2) is 4.82. The van der Waals surface area contributed by atoms with Crippen molar-refractivity contribution < 1.29 is 14.6 Å². The number of aliphatic hydroxyl groups is 1. The molecule has 3 nitrogen and oxygen atoms in total. The van der Waals surface area contributed by atoms with Crippen molar-refractivity contribution >= 4 is 17.7 Å². The molecular weight excluding hydrogens is 252 g/mol. The van der Waals surface area contributed by atoms with Crippen molar-refractivity contribution in [3.63, 3.8) is 0 Å². The van der Waals surface area contributed by atoms with Gasteiger partial charge in [-0.05, 0) is 17.0 Å². The highest BCUT2D eigenvalue weighted by molar-refractivity contribution is 6.32. The van der Waals surface area contributed by atoms with E-state index in [4.69, 9.17) is 21.1 Å². The van der Waals surface area contributed by atoms with Gasteiger partial charge in [-0.1, -0.05) is 44.5 Å². The average Bonchev–Trinajstić information content (AvgIpc) is 2.70. The third kappa shape index (κ3) is 2.79. The van der Waals surface area contributed by atoms with Gasteiger partial charge in [-0.15, -0.1) is 0 Å². The highest BCUT2D eigenvalue weighted by Crippen LogP contribution is 2.37. The molecule has 1 atom stereocenters. The number of benzene rings is 1. The van der Waals surface area contributed by atoms with Gasteiger partial charge < -0.3 is 14.6 Å². The molecule has 1 aliphatic rings. The predicted octanol–water partition coefficient (Wildman–Crippen LogP) is 3.49. The molecule has 98 valence electrons. The van der Waals surface area contributed by atoms with Gasteiger partial charge in [0.1, 0.15) is 0 Å². The average molecular weight is 269 g/mol. The van der Waals surface area contributed by atoms with E-state index in [1.54, 1.807) is 18.2 Å². The number of hydrogen-bond acceptors (Lipinski definition) is 3. The molecule has 0 amide bonds. The van der Waals surface area contributed by atoms with Crippen LogP contribution in [-0.4, -0.2) is 18.0 Å². The normalized spacial score (nSPS) is 16.3. The van der Waals surface area contributed by atoms with E-state index in [0.717, 1.165) is 5.56 Å². The molecule has 1 heterocycles. The summed E-state index contributed by atoms with van der Waals surface area (Å²) in [7, 11) is 0. The molecule has 1 N–H and O–H groups in total. The molecule has 0 radical (unpaired) electrons. The van der Waals surface area contributed by atoms with Gasteiger partial charge in [0.25, 0.3) is 0 Å². The summed E-state index contributed by atoms with van der Waals surface area (Å²) in [6, 6.07) is 3.55. The zero-order valence-corrected chi connectivity index (χ0v) is 11.5. The van der Waals surface area contributed by atoms with Crippen molar-refractivity contribution in [1.29, 1.82) is 0 Å². The Hall–Kier alpha value is -1.19. The zero-order valence-electron chi connectivity index (χ0n) is 10.7. The lowest BCUT2D eigenvalue weighted by Crippen LogP contribution is -2.23. The van der Waals surface area contributed by atoms with Crippen LogP contribution in [0.2, 0.25) is 5.02 Å². The molecule has 0 saturated heterocycles. The van der Waals surface area contributed by atoms with Crippen molar-refractivity contribution in [2.75, 3.05) is 6.79 Å². The molecule has 0 fully saturated rings. The summed E-state index contributed by atoms with van der Waals surface area (Å²) in [6.45, 7) is 6.15. The van der Waals surface area contributed by atoms with Crippen molar-refractivity contribution in [3.8, 4) is 11.5 Å². The maximum absolute atomic E-state index is 9.95. The number of rotatable bonds is 2. The number of aliphatic hydroxyl groups excluding tert-OH is 1. The summed E-state index contributed by atoms with van der Waals surface area (Å²) in [5.41, 5.74) is 0.614. The van der Waals surface area contributed by atoms with Crippen LogP contribution in [0.1, 0.15) is 26.3 Å². The minimum Gasteiger partial charge on any atom is -0.454 e. The SMILES string of the molecule is CC(C)(C)C(O)/C=C/c1cc2c(cc1Cl)OCO2. The number of halogens is 1. The van der Waals surface area contributed by atoms with Crippen molar-refractivity contribution in [2.24, 2.45) is 5.41 Å². The molecular formula is C14H17ClO3. The van der Waals surface area contributed by atoms with Crippen LogP contribution in [0.4, 0.5) is 0 Å². The quantitative estimate of drug-likeness (QED) is 0.892. The van der Waals surface area contributed by atoms with E-state index in [0.29, 0.717) is 16.5 Å². The summed E-state index contributed by atoms with van der Waals surface area (Å²) in [4.78, 5) is 0. The van der Waals surface area contributed by atoms with Crippen LogP contribution in [0.3, 0.4) is 0 Å². The highest BCUT2D eigenvalue weighted by Gasteiger charge is 2.20. The smallest absolute Gasteiger partial charge is 0.231 e. The summed E-state index contributed by atoms with van der Waals surface area (Å²) in [5, 5.41) is 10.5. The first-order valence-corrected chi connectivity index (χ1v) is 6.21. The van der Waals surface area contributed by atoms with Crippen molar-refractivity contribution in [3.05, 3.63) is 28.8 Å². The second-order valence-electron chi connectivity index (χ2n) is 5.40. The molecule has 1 aromatic rings. The van der Waals surface area contributed by atoms with Gasteiger partial charge in [0.15, 0.2) is 11.5 Å². The molecule has 0 aromatic heterocycles. The first kappa shape index (κ1) is 13.2. The van der Waals surface area contributed by atoms with Gasteiger partial charge in [-0.3, -0.25) is 0 Å². The molecule has 1 aromatic carbocycles. The lowest BCUT2D eigenvalue weighted by Gasteiger charge is -2.22. The monoisotopic (exact) mass is 268 g/mol. The first-order chi connectivity index (χ1) is 8.38. The molecule has 0 saturated carbocycles. The summed E-state index contributed by atoms with van der Waals surface area (Å²) in [5.74, 6) is 1.35. The van der Waals surface area contributed by atoms with Gasteiger partial charge in [-0.25, -0.2) is 0 Å². The van der Waals surface area contributed by atoms with Gasteiger partial charge in [0, 0.05) is 6.07 Å². The second-order valence-corrected chi connectivity index (χ2v) is 5.80. The molecule has 1 unspecified atom stereocenters. The van der Waals surface area contributed by atoms with E-state index in [-0.39, 0.29) is 12.2 Å². The number of fused-ring (bicyclic) bond motifs is 1. The Kier molecular flexibility index (Phi) is 3.55. The number of ether oxygens (including phenoxy) is 2. The highest BCUT2D eigenvalue weighted by atomic mass is 35.5. The van der Waals surface area contributed by atoms with E-state index < -0.39 is 6.10 Å². The molecule has 4 heteroatoms. The minimum atomic E-state index is -0.529. The van der Waals surface area contributed by atoms with E-state index in [1.165, 1.54) is 0 Å². The van der Waals surface area contributed by atoms with E-state index in [1.807, 2.05) is 26.8 Å². The van der Waals surface area contributed by atoms with Gasteiger partial charge in [-0.2, -0.15) is 0 Å². The Labute approximate surface area is 112 Å². The maximum atomic E-state index is 9.95. The van der Waals surface area contributed by atoms with Crippen molar-refractivity contribution in [2.45, 2.75) is 26.9 Å². The molecule has 2 rings (SSSR count). The summed E-state index contributed by atoms with van der Waals surface area (Å²) in [6.07, 6.45) is 3.02. The van der Waals surface area contributed by atoms with Crippen LogP contribution in [0.15, 0.2) is 18.2 Å². The lowest BCUT2D eigenvalue weighted by molar-refractivity contribution is 0.106. The third-order valence-electron chi connectivity index (χ3n) is 2.84. The predicted molar refractivity (Wildman–Crippen MR) is 72.1 cm³/mol. The van der Waals surface area contributed by atoms with Crippen LogP contribution in [0, 0.1) is 5.41 Å². The van der Waals surface area contributed by atoms with Crippen LogP contribution in [-0.2, 0) is 0 Å². The van der Waals surface area contributed by atoms with Crippen LogP contribution >= 0.6 is 11.6 Å². The Morgan fingerprint density at radius 1 is 1.28 bits per heavy atom. The Bertz CT molecular complexity index is 475. The first-order valence-electron chi connectivity index (χ1n) is 5.83. The summed E-state index contributed by atoms with van der Waals surface area (Å²) < 4.78 is 10.5. The fourth-order valence-corrected chi connectivity index (χ4v) is 1.76. The van der Waals surface area contributed by atoms with E-state index >= 15 is 0 Å². The largest absolute Gasteiger partial charge is 0.454 e. The standard InChI is InChI=1S/C14H17ClO3/c1-14(2,3)13(16)5-4-9-6-11-12(7-10(9)15)18-8-17-11/h4-7,13,16H,8H2,1-3H3/b5-4+. The minimum absolute atomic E-state index is 0.195. The van der Waals surface area contributed by atoms with Crippen molar-refractivity contribution in [1.82, 2.24) is 0 Å². The summed E-state index contributed by atoms with van der Waals surface area (Å²) >= 11 is 6.14. The number of hydrogen-bond donors (Lipinski definition) is 1. The topological polar surface area (TPSA) is 38.7 Å². The molecule has 18 heavy (non-hydrogen) atoms. The Morgan fingerprint density at radius 3 is 2.50 bits per heavy atom. The lowest BCUT2D eigenvalue weighted by atomic mass is 9.89. The fraction of sp³-hybridized carbons (Fsp3) is 0.429. The van der Waals surface area contributed by atoms with E-state index in [2.05, 4.69) is 0 Å². The van der Waals surface area contributed by atoms with Crippen LogP contribution in [0.5, 0.6) is 11.5 Å². The van der Waals surface area contributed by atoms with E-state index in [9.17, 15) is 5.11 Å². The third-order valence-corrected chi connectivity index (χ3v) is 3.16. The van der Waals surface area contributed by atoms with Crippen LogP contribution in [0.25, 0.3) is 6.08 Å². The maximum Gasteiger partial charge on any atom is 0.231 e. The fourth-order valence-electron chi connectivity index (χ4n) is 1.54. The molecule has 0 spiro atoms. The molecule has 0 bridgehead atoms. The Morgan fingerprint density at radius 2 is 1.89 bits per heavy atom. The van der Waals surface area contributed by atoms with Crippen LogP contribution < -0.4 is 9.47 Å². The van der Waals surface area contributed by atoms with Gasteiger partial charge >= 0.3 is 0 Å². The van der Waals surface area contributed by atoms with Gasteiger partial charge in [0.2, 0.25) is 6.79 Å². The molecule has 1 aliphatic heterocycles. The van der Waals surface area contributed by atoms with Gasteiger partial charge in [0.05, 0.1) is 11.1 Å². The Balaban J connectivity index is 2.22. The molecule has 0 aliphatic carbocycles. The zero-order chi connectivity index (χ0) is 13.3.